The molecule has 1 saturated heterocycles. The third-order valence-corrected chi connectivity index (χ3v) is 3.33. The summed E-state index contributed by atoms with van der Waals surface area (Å²) >= 11 is 0. The van der Waals surface area contributed by atoms with E-state index < -0.39 is 24.0 Å². The third-order valence-electron chi connectivity index (χ3n) is 3.33. The van der Waals surface area contributed by atoms with Gasteiger partial charge in [-0.2, -0.15) is 0 Å². The van der Waals surface area contributed by atoms with Crippen LogP contribution in [0.2, 0.25) is 0 Å². The monoisotopic (exact) mass is 254 g/mol. The molecule has 0 unspecified atom stereocenters. The summed E-state index contributed by atoms with van der Waals surface area (Å²) in [6.07, 6.45) is 0.327. The zero-order chi connectivity index (χ0) is 14.0. The summed E-state index contributed by atoms with van der Waals surface area (Å²) in [5.41, 5.74) is -1.34. The van der Waals surface area contributed by atoms with Crippen molar-refractivity contribution in [1.82, 2.24) is 0 Å². The minimum absolute atomic E-state index is 0.0294. The van der Waals surface area contributed by atoms with Crippen molar-refractivity contribution < 1.29 is 18.8 Å². The molecule has 18 heavy (non-hydrogen) atoms. The zero-order valence-corrected chi connectivity index (χ0v) is 11.6. The van der Waals surface area contributed by atoms with Crippen LogP contribution in [0.1, 0.15) is 41.0 Å². The van der Waals surface area contributed by atoms with Crippen LogP contribution in [0.15, 0.2) is 11.3 Å². The van der Waals surface area contributed by atoms with Gasteiger partial charge in [0.05, 0.1) is 17.8 Å². The van der Waals surface area contributed by atoms with E-state index in [1.807, 2.05) is 27.7 Å². The summed E-state index contributed by atoms with van der Waals surface area (Å²) in [4.78, 5) is 0. The Hall–Kier alpha value is -0.825. The van der Waals surface area contributed by atoms with Gasteiger partial charge in [-0.05, 0) is 34.6 Å². The van der Waals surface area contributed by atoms with Crippen LogP contribution in [0, 0.1) is 11.8 Å². The number of hydrogen-bond acceptors (Lipinski definition) is 3. The van der Waals surface area contributed by atoms with Crippen LogP contribution in [-0.2, 0) is 9.31 Å². The number of halogens is 1. The highest BCUT2D eigenvalue weighted by atomic mass is 19.1. The van der Waals surface area contributed by atoms with E-state index in [1.165, 1.54) is 0 Å². The Morgan fingerprint density at radius 1 is 1.22 bits per heavy atom. The highest BCUT2D eigenvalue weighted by molar-refractivity contribution is 6.54. The molecule has 1 fully saturated rings. The van der Waals surface area contributed by atoms with Gasteiger partial charge in [-0.25, -0.2) is 4.39 Å². The summed E-state index contributed by atoms with van der Waals surface area (Å²) in [6, 6.07) is 0. The second kappa shape index (κ2) is 5.44. The molecule has 1 N–H and O–H groups in total. The molecule has 0 amide bonds. The fourth-order valence-electron chi connectivity index (χ4n) is 1.43. The van der Waals surface area contributed by atoms with Crippen molar-refractivity contribution in [3.63, 3.8) is 0 Å². The predicted molar refractivity (Wildman–Crippen MR) is 69.4 cm³/mol. The summed E-state index contributed by atoms with van der Waals surface area (Å²) in [5, 5.41) is 8.60. The van der Waals surface area contributed by atoms with E-state index in [-0.39, 0.29) is 12.2 Å². The summed E-state index contributed by atoms with van der Waals surface area (Å²) in [7, 11) is -1.00. The van der Waals surface area contributed by atoms with Crippen molar-refractivity contribution in [2.24, 2.45) is 0 Å². The Labute approximate surface area is 109 Å². The molecule has 0 bridgehead atoms. The van der Waals surface area contributed by atoms with Crippen molar-refractivity contribution in [2.45, 2.75) is 52.2 Å². The molecule has 5 heteroatoms. The van der Waals surface area contributed by atoms with Crippen LogP contribution in [0.4, 0.5) is 4.39 Å². The van der Waals surface area contributed by atoms with Crippen molar-refractivity contribution in [3.8, 4) is 11.8 Å². The van der Waals surface area contributed by atoms with Crippen LogP contribution in [-0.4, -0.2) is 30.0 Å². The van der Waals surface area contributed by atoms with Gasteiger partial charge >= 0.3 is 7.12 Å². The molecule has 0 radical (unpaired) electrons. The van der Waals surface area contributed by atoms with Gasteiger partial charge in [0.15, 0.2) is 0 Å². The van der Waals surface area contributed by atoms with Crippen LogP contribution in [0.25, 0.3) is 0 Å². The Balaban J connectivity index is 2.85. The predicted octanol–water partition coefficient (Wildman–Crippen LogP) is 2.25. The molecule has 1 rings (SSSR count). The van der Waals surface area contributed by atoms with E-state index in [4.69, 9.17) is 14.4 Å². The average Bonchev–Trinajstić information content (AvgIpc) is 2.47. The molecule has 100 valence electrons. The van der Waals surface area contributed by atoms with Crippen molar-refractivity contribution >= 4 is 7.12 Å². The zero-order valence-electron chi connectivity index (χ0n) is 11.6. The third kappa shape index (κ3) is 3.14. The van der Waals surface area contributed by atoms with E-state index in [0.717, 1.165) is 0 Å². The molecule has 0 saturated carbocycles. The van der Waals surface area contributed by atoms with E-state index in [0.29, 0.717) is 6.42 Å². The first-order valence-electron chi connectivity index (χ1n) is 6.03. The first-order valence-corrected chi connectivity index (χ1v) is 6.03. The number of hydrogen-bond donors (Lipinski definition) is 1. The van der Waals surface area contributed by atoms with Gasteiger partial charge in [-0.15, -0.1) is 0 Å². The fraction of sp³-hybridized carbons (Fsp3) is 0.692. The van der Waals surface area contributed by atoms with Crippen molar-refractivity contribution in [1.29, 1.82) is 0 Å². The SMILES string of the molecule is CC(C#CCCO)=C(F)B1OC(C)(C)C(C)(C)O1. The molecule has 0 aliphatic carbocycles. The van der Waals surface area contributed by atoms with Crippen LogP contribution >= 0.6 is 0 Å². The second-order valence-corrected chi connectivity index (χ2v) is 5.34. The van der Waals surface area contributed by atoms with Crippen LogP contribution in [0.3, 0.4) is 0 Å². The van der Waals surface area contributed by atoms with Gasteiger partial charge < -0.3 is 14.4 Å². The molecular weight excluding hydrogens is 234 g/mol. The summed E-state index contributed by atoms with van der Waals surface area (Å²) < 4.78 is 25.2. The topological polar surface area (TPSA) is 38.7 Å². The van der Waals surface area contributed by atoms with E-state index in [2.05, 4.69) is 11.8 Å². The molecule has 0 aromatic heterocycles. The van der Waals surface area contributed by atoms with Crippen molar-refractivity contribution in [2.75, 3.05) is 6.61 Å². The maximum atomic E-state index is 14.1. The second-order valence-electron chi connectivity index (χ2n) is 5.34. The normalized spacial score (nSPS) is 22.3. The smallest absolute Gasteiger partial charge is 0.398 e. The van der Waals surface area contributed by atoms with Crippen LogP contribution in [0.5, 0.6) is 0 Å². The lowest BCUT2D eigenvalue weighted by Gasteiger charge is -2.32. The van der Waals surface area contributed by atoms with Gasteiger partial charge in [0.2, 0.25) is 0 Å². The maximum Gasteiger partial charge on any atom is 0.526 e. The molecular formula is C13H20BFO3. The summed E-state index contributed by atoms with van der Waals surface area (Å²) in [5.74, 6) is 5.32. The average molecular weight is 254 g/mol. The molecule has 1 aliphatic heterocycles. The van der Waals surface area contributed by atoms with E-state index in [9.17, 15) is 4.39 Å². The maximum absolute atomic E-state index is 14.1. The van der Waals surface area contributed by atoms with E-state index in [1.54, 1.807) is 6.92 Å². The lowest BCUT2D eigenvalue weighted by molar-refractivity contribution is 0.00578. The molecule has 3 nitrogen and oxygen atoms in total. The fourth-order valence-corrected chi connectivity index (χ4v) is 1.43. The highest BCUT2D eigenvalue weighted by Gasteiger charge is 2.53. The molecule has 1 heterocycles. The Bertz CT molecular complexity index is 388. The molecule has 0 aromatic carbocycles. The first kappa shape index (κ1) is 15.2. The minimum atomic E-state index is -1.00. The largest absolute Gasteiger partial charge is 0.526 e. The standard InChI is InChI=1S/C13H20BFO3/c1-10(8-6-7-9-16)11(15)14-17-12(2,3)13(4,5)18-14/h16H,7,9H2,1-5H3. The molecule has 0 spiro atoms. The molecule has 0 aromatic rings. The van der Waals surface area contributed by atoms with Crippen molar-refractivity contribution in [3.05, 3.63) is 11.3 Å². The lowest BCUT2D eigenvalue weighted by atomic mass is 9.85. The number of rotatable bonds is 2. The van der Waals surface area contributed by atoms with Gasteiger partial charge in [0.25, 0.3) is 0 Å². The molecule has 1 aliphatic rings. The number of allylic oxidation sites excluding steroid dienone is 1. The van der Waals surface area contributed by atoms with Gasteiger partial charge in [0.1, 0.15) is 5.73 Å². The van der Waals surface area contributed by atoms with Gasteiger partial charge in [-0.1, -0.05) is 11.8 Å². The Morgan fingerprint density at radius 2 is 1.72 bits per heavy atom. The molecule has 0 atom stereocenters. The van der Waals surface area contributed by atoms with Gasteiger partial charge in [0, 0.05) is 12.0 Å². The minimum Gasteiger partial charge on any atom is -0.398 e. The lowest BCUT2D eigenvalue weighted by Crippen LogP contribution is -2.41. The highest BCUT2D eigenvalue weighted by Crippen LogP contribution is 2.39. The van der Waals surface area contributed by atoms with Crippen LogP contribution < -0.4 is 0 Å². The number of aliphatic hydroxyl groups excluding tert-OH is 1. The quantitative estimate of drug-likeness (QED) is 0.606. The Kier molecular flexibility index (Phi) is 4.60. The first-order chi connectivity index (χ1) is 8.21. The number of aliphatic hydroxyl groups is 1. The Morgan fingerprint density at radius 3 is 2.17 bits per heavy atom. The van der Waals surface area contributed by atoms with E-state index >= 15 is 0 Å². The van der Waals surface area contributed by atoms with Gasteiger partial charge in [-0.3, -0.25) is 0 Å². The summed E-state index contributed by atoms with van der Waals surface area (Å²) in [6.45, 7) is 9.02.